The van der Waals surface area contributed by atoms with Gasteiger partial charge in [0.2, 0.25) is 11.8 Å². The van der Waals surface area contributed by atoms with Crippen LogP contribution < -0.4 is 14.4 Å². The van der Waals surface area contributed by atoms with Crippen molar-refractivity contribution < 1.29 is 27.1 Å². The summed E-state index contributed by atoms with van der Waals surface area (Å²) in [7, 11) is -2.74. The number of carbonyl (C=O) groups is 2. The van der Waals surface area contributed by atoms with Gasteiger partial charge in [0.1, 0.15) is 24.2 Å². The van der Waals surface area contributed by atoms with Crippen LogP contribution >= 0.6 is 0 Å². The van der Waals surface area contributed by atoms with Crippen LogP contribution in [0.15, 0.2) is 108 Å². The fourth-order valence-corrected chi connectivity index (χ4v) is 6.28. The van der Waals surface area contributed by atoms with Gasteiger partial charge in [0.25, 0.3) is 10.0 Å². The molecular weight excluding hydrogens is 593 g/mol. The van der Waals surface area contributed by atoms with E-state index in [1.165, 1.54) is 36.3 Å². The quantitative estimate of drug-likeness (QED) is 0.198. The van der Waals surface area contributed by atoms with Crippen molar-refractivity contribution in [2.45, 2.75) is 44.2 Å². The highest BCUT2D eigenvalue weighted by atomic mass is 32.2. The predicted molar refractivity (Wildman–Crippen MR) is 173 cm³/mol. The first kappa shape index (κ1) is 33.2. The van der Waals surface area contributed by atoms with Crippen molar-refractivity contribution in [3.63, 3.8) is 0 Å². The fraction of sp³-hybridized carbons (Fsp3) is 0.257. The molecule has 0 bridgehead atoms. The molecule has 10 heteroatoms. The fourth-order valence-electron chi connectivity index (χ4n) is 4.86. The molecule has 0 aliphatic heterocycles. The van der Waals surface area contributed by atoms with E-state index in [4.69, 9.17) is 4.74 Å². The number of anilines is 1. The smallest absolute Gasteiger partial charge is 0.264 e. The molecule has 0 aromatic heterocycles. The van der Waals surface area contributed by atoms with Crippen molar-refractivity contribution in [3.8, 4) is 5.75 Å². The van der Waals surface area contributed by atoms with E-state index < -0.39 is 34.3 Å². The molecule has 236 valence electrons. The summed E-state index contributed by atoms with van der Waals surface area (Å²) in [6.45, 7) is 3.56. The Morgan fingerprint density at radius 2 is 1.56 bits per heavy atom. The average molecular weight is 632 g/mol. The Hall–Kier alpha value is -4.70. The summed E-state index contributed by atoms with van der Waals surface area (Å²) in [6.07, 6.45) is 0.897. The number of halogens is 1. The number of benzene rings is 4. The molecule has 8 nitrogen and oxygen atoms in total. The lowest BCUT2D eigenvalue weighted by Gasteiger charge is -2.34. The molecule has 1 atom stereocenters. The lowest BCUT2D eigenvalue weighted by atomic mass is 10.0. The minimum absolute atomic E-state index is 0.00884. The van der Waals surface area contributed by atoms with Crippen LogP contribution in [-0.4, -0.2) is 51.4 Å². The molecule has 45 heavy (non-hydrogen) atoms. The van der Waals surface area contributed by atoms with Crippen LogP contribution in [0.1, 0.15) is 30.0 Å². The molecule has 1 N–H and O–H groups in total. The minimum Gasteiger partial charge on any atom is -0.497 e. The maximum absolute atomic E-state index is 14.4. The molecule has 0 aliphatic rings. The van der Waals surface area contributed by atoms with Gasteiger partial charge in [0, 0.05) is 19.5 Å². The number of nitrogens with zero attached hydrogens (tertiary/aromatic N) is 2. The van der Waals surface area contributed by atoms with Gasteiger partial charge in [-0.3, -0.25) is 13.9 Å². The van der Waals surface area contributed by atoms with E-state index in [2.05, 4.69) is 5.32 Å². The van der Waals surface area contributed by atoms with Crippen LogP contribution in [0.3, 0.4) is 0 Å². The molecule has 2 amide bonds. The van der Waals surface area contributed by atoms with Crippen LogP contribution in [0.2, 0.25) is 0 Å². The van der Waals surface area contributed by atoms with Gasteiger partial charge in [0.15, 0.2) is 0 Å². The van der Waals surface area contributed by atoms with Crippen molar-refractivity contribution >= 4 is 27.5 Å². The second kappa shape index (κ2) is 15.3. The van der Waals surface area contributed by atoms with Crippen LogP contribution in [0, 0.1) is 12.7 Å². The van der Waals surface area contributed by atoms with Gasteiger partial charge in [-0.15, -0.1) is 0 Å². The molecule has 0 unspecified atom stereocenters. The first-order chi connectivity index (χ1) is 21.6. The van der Waals surface area contributed by atoms with E-state index in [-0.39, 0.29) is 29.5 Å². The number of aryl methyl sites for hydroxylation is 1. The second-order valence-corrected chi connectivity index (χ2v) is 12.5. The Morgan fingerprint density at radius 3 is 2.20 bits per heavy atom. The highest BCUT2D eigenvalue weighted by Gasteiger charge is 2.34. The lowest BCUT2D eigenvalue weighted by Crippen LogP contribution is -2.53. The number of amides is 2. The summed E-state index contributed by atoms with van der Waals surface area (Å²) in [5.41, 5.74) is 2.51. The van der Waals surface area contributed by atoms with Crippen molar-refractivity contribution in [2.75, 3.05) is 24.5 Å². The summed E-state index contributed by atoms with van der Waals surface area (Å²) in [6, 6.07) is 26.7. The first-order valence-electron chi connectivity index (χ1n) is 14.7. The van der Waals surface area contributed by atoms with Crippen molar-refractivity contribution in [3.05, 3.63) is 126 Å². The van der Waals surface area contributed by atoms with Crippen molar-refractivity contribution in [2.24, 2.45) is 0 Å². The molecule has 0 fully saturated rings. The summed E-state index contributed by atoms with van der Waals surface area (Å²) >= 11 is 0. The number of carbonyl (C=O) groups excluding carboxylic acids is 2. The largest absolute Gasteiger partial charge is 0.497 e. The van der Waals surface area contributed by atoms with E-state index >= 15 is 0 Å². The van der Waals surface area contributed by atoms with E-state index in [1.807, 2.05) is 50.2 Å². The Kier molecular flexibility index (Phi) is 11.3. The number of sulfonamides is 1. The molecule has 0 heterocycles. The normalized spacial score (nSPS) is 11.8. The molecule has 4 rings (SSSR count). The van der Waals surface area contributed by atoms with Gasteiger partial charge in [-0.05, 0) is 73.0 Å². The minimum atomic E-state index is -4.27. The zero-order valence-corrected chi connectivity index (χ0v) is 26.5. The van der Waals surface area contributed by atoms with Gasteiger partial charge in [-0.25, -0.2) is 12.8 Å². The average Bonchev–Trinajstić information content (AvgIpc) is 3.05. The Labute approximate surface area is 264 Å². The third-order valence-corrected chi connectivity index (χ3v) is 9.10. The van der Waals surface area contributed by atoms with Gasteiger partial charge in [-0.2, -0.15) is 0 Å². The Morgan fingerprint density at radius 1 is 0.889 bits per heavy atom. The van der Waals surface area contributed by atoms with E-state index in [9.17, 15) is 22.4 Å². The van der Waals surface area contributed by atoms with Crippen LogP contribution in [0.25, 0.3) is 0 Å². The second-order valence-electron chi connectivity index (χ2n) is 10.7. The molecule has 0 aliphatic carbocycles. The predicted octanol–water partition coefficient (Wildman–Crippen LogP) is 5.50. The number of nitrogens with one attached hydrogen (secondary N) is 1. The SMILES string of the molecule is CCCNC(=O)[C@@H](Cc1ccccc1)N(Cc1cccc(OC)c1)C(=O)CN(c1ccc(F)cc1)S(=O)(=O)c1ccc(C)cc1. The summed E-state index contributed by atoms with van der Waals surface area (Å²) in [5, 5.41) is 2.92. The van der Waals surface area contributed by atoms with Crippen LogP contribution in [0.5, 0.6) is 5.75 Å². The molecule has 0 radical (unpaired) electrons. The maximum Gasteiger partial charge on any atom is 0.264 e. The summed E-state index contributed by atoms with van der Waals surface area (Å²) in [4.78, 5) is 29.5. The molecule has 0 spiro atoms. The maximum atomic E-state index is 14.4. The van der Waals surface area contributed by atoms with Gasteiger partial charge < -0.3 is 15.0 Å². The standard InChI is InChI=1S/C35H38FN3O5S/c1-4-21-37-35(41)33(23-27-9-6-5-7-10-27)38(24-28-11-8-12-31(22-28)44-3)34(40)25-39(30-17-15-29(36)16-18-30)45(42,43)32-19-13-26(2)14-20-32/h5-20,22,33H,4,21,23-25H2,1-3H3,(H,37,41)/t33-/m1/s1. The van der Waals surface area contributed by atoms with Crippen LogP contribution in [-0.2, 0) is 32.6 Å². The molecule has 0 saturated heterocycles. The zero-order valence-electron chi connectivity index (χ0n) is 25.6. The molecule has 0 saturated carbocycles. The summed E-state index contributed by atoms with van der Waals surface area (Å²) in [5.74, 6) is -0.935. The zero-order chi connectivity index (χ0) is 32.4. The molecular formula is C35H38FN3O5S. The first-order valence-corrected chi connectivity index (χ1v) is 16.2. The Bertz CT molecular complexity index is 1680. The number of ether oxygens (including phenoxy) is 1. The molecule has 4 aromatic rings. The number of hydrogen-bond acceptors (Lipinski definition) is 5. The van der Waals surface area contributed by atoms with Gasteiger partial charge >= 0.3 is 0 Å². The summed E-state index contributed by atoms with van der Waals surface area (Å²) < 4.78 is 48.3. The van der Waals surface area contributed by atoms with E-state index in [1.54, 1.807) is 30.3 Å². The highest BCUT2D eigenvalue weighted by molar-refractivity contribution is 7.92. The third-order valence-electron chi connectivity index (χ3n) is 7.31. The number of rotatable bonds is 14. The van der Waals surface area contributed by atoms with Gasteiger partial charge in [0.05, 0.1) is 17.7 Å². The highest BCUT2D eigenvalue weighted by Crippen LogP contribution is 2.26. The van der Waals surface area contributed by atoms with Crippen molar-refractivity contribution in [1.82, 2.24) is 10.2 Å². The third kappa shape index (κ3) is 8.69. The molecule has 4 aromatic carbocycles. The van der Waals surface area contributed by atoms with Crippen molar-refractivity contribution in [1.29, 1.82) is 0 Å². The topological polar surface area (TPSA) is 96.0 Å². The van der Waals surface area contributed by atoms with E-state index in [0.717, 1.165) is 27.6 Å². The Balaban J connectivity index is 1.80. The van der Waals surface area contributed by atoms with E-state index in [0.29, 0.717) is 24.3 Å². The monoisotopic (exact) mass is 631 g/mol. The number of methoxy groups -OCH3 is 1. The van der Waals surface area contributed by atoms with Gasteiger partial charge in [-0.1, -0.05) is 67.1 Å². The lowest BCUT2D eigenvalue weighted by molar-refractivity contribution is -0.140. The van der Waals surface area contributed by atoms with Crippen LogP contribution in [0.4, 0.5) is 10.1 Å². The number of hydrogen-bond donors (Lipinski definition) is 1.